The van der Waals surface area contributed by atoms with Crippen molar-refractivity contribution in [2.45, 2.75) is 65.2 Å². The van der Waals surface area contributed by atoms with Crippen molar-refractivity contribution in [3.8, 4) is 0 Å². The minimum atomic E-state index is 0.913. The van der Waals surface area contributed by atoms with E-state index in [-0.39, 0.29) is 0 Å². The van der Waals surface area contributed by atoms with Gasteiger partial charge in [0.25, 0.3) is 0 Å². The molecule has 0 saturated heterocycles. The van der Waals surface area contributed by atoms with Crippen LogP contribution in [0, 0.1) is 5.41 Å². The third-order valence-electron chi connectivity index (χ3n) is 3.12. The molecule has 0 aromatic heterocycles. The largest absolute Gasteiger partial charge is 0.0683 e. The Morgan fingerprint density at radius 2 is 1.09 bits per heavy atom. The summed E-state index contributed by atoms with van der Waals surface area (Å²) in [6, 6.07) is 0. The van der Waals surface area contributed by atoms with Gasteiger partial charge in [-0.15, -0.1) is 0 Å². The SMILES string of the molecule is C1CCCC2(CC1)CC2.CC. The van der Waals surface area contributed by atoms with E-state index >= 15 is 0 Å². The third kappa shape index (κ3) is 2.50. The van der Waals surface area contributed by atoms with Crippen molar-refractivity contribution in [1.29, 1.82) is 0 Å². The van der Waals surface area contributed by atoms with Gasteiger partial charge in [0, 0.05) is 0 Å². The maximum absolute atomic E-state index is 2.00. The highest BCUT2D eigenvalue weighted by atomic mass is 14.5. The van der Waals surface area contributed by atoms with E-state index in [2.05, 4.69) is 0 Å². The van der Waals surface area contributed by atoms with Gasteiger partial charge in [-0.1, -0.05) is 39.5 Å². The lowest BCUT2D eigenvalue weighted by Gasteiger charge is -2.08. The maximum Gasteiger partial charge on any atom is -0.0297 e. The molecule has 0 aliphatic heterocycles. The fourth-order valence-corrected chi connectivity index (χ4v) is 2.16. The van der Waals surface area contributed by atoms with Gasteiger partial charge in [-0.05, 0) is 31.1 Å². The van der Waals surface area contributed by atoms with Crippen LogP contribution in [0.5, 0.6) is 0 Å². The Hall–Kier alpha value is 0. The van der Waals surface area contributed by atoms with Crippen LogP contribution in [0.1, 0.15) is 65.2 Å². The minimum absolute atomic E-state index is 0.913. The molecule has 11 heavy (non-hydrogen) atoms. The first-order valence-electron chi connectivity index (χ1n) is 5.41. The lowest BCUT2D eigenvalue weighted by atomic mass is 9.98. The van der Waals surface area contributed by atoms with Crippen molar-refractivity contribution in [2.24, 2.45) is 5.41 Å². The predicted molar refractivity (Wildman–Crippen MR) is 50.7 cm³/mol. The van der Waals surface area contributed by atoms with Crippen LogP contribution < -0.4 is 0 Å². The Kier molecular flexibility index (Phi) is 3.42. The van der Waals surface area contributed by atoms with Crippen LogP contribution in [0.3, 0.4) is 0 Å². The molecule has 0 aromatic rings. The third-order valence-corrected chi connectivity index (χ3v) is 3.12. The standard InChI is InChI=1S/C9H16.C2H6/c1-2-4-6-9(5-3-1)7-8-9;1-2/h1-8H2;1-2H3. The normalized spacial score (nSPS) is 26.7. The number of hydrogen-bond acceptors (Lipinski definition) is 0. The molecule has 0 radical (unpaired) electrons. The summed E-state index contributed by atoms with van der Waals surface area (Å²) in [6.45, 7) is 4.00. The smallest absolute Gasteiger partial charge is 0.0297 e. The summed E-state index contributed by atoms with van der Waals surface area (Å²) in [4.78, 5) is 0. The second-order valence-corrected chi connectivity index (χ2v) is 3.91. The molecule has 0 unspecified atom stereocenters. The Morgan fingerprint density at radius 3 is 1.45 bits per heavy atom. The Labute approximate surface area is 71.4 Å². The first kappa shape index (κ1) is 9.09. The lowest BCUT2D eigenvalue weighted by molar-refractivity contribution is 0.439. The van der Waals surface area contributed by atoms with E-state index in [1.54, 1.807) is 25.7 Å². The molecule has 2 aliphatic rings. The van der Waals surface area contributed by atoms with Crippen LogP contribution >= 0.6 is 0 Å². The topological polar surface area (TPSA) is 0 Å². The molecule has 0 heteroatoms. The molecule has 2 fully saturated rings. The molecule has 0 N–H and O–H groups in total. The lowest BCUT2D eigenvalue weighted by Crippen LogP contribution is -1.95. The van der Waals surface area contributed by atoms with Gasteiger partial charge in [0.1, 0.15) is 0 Å². The molecule has 2 aliphatic carbocycles. The zero-order chi connectivity index (χ0) is 8.16. The molecule has 0 amide bonds. The molecule has 0 aromatic carbocycles. The molecule has 0 bridgehead atoms. The van der Waals surface area contributed by atoms with Crippen molar-refractivity contribution >= 4 is 0 Å². The van der Waals surface area contributed by atoms with E-state index in [9.17, 15) is 0 Å². The van der Waals surface area contributed by atoms with Crippen molar-refractivity contribution in [3.05, 3.63) is 0 Å². The van der Waals surface area contributed by atoms with Gasteiger partial charge in [0.05, 0.1) is 0 Å². The quantitative estimate of drug-likeness (QED) is 0.492. The van der Waals surface area contributed by atoms with Crippen LogP contribution in [0.2, 0.25) is 0 Å². The highest BCUT2D eigenvalue weighted by molar-refractivity contribution is 4.93. The van der Waals surface area contributed by atoms with Crippen LogP contribution in [-0.2, 0) is 0 Å². The summed E-state index contributed by atoms with van der Waals surface area (Å²) in [5, 5.41) is 0. The average Bonchev–Trinajstić information content (AvgIpc) is 2.86. The molecule has 2 rings (SSSR count). The van der Waals surface area contributed by atoms with Gasteiger partial charge < -0.3 is 0 Å². The van der Waals surface area contributed by atoms with E-state index in [0.29, 0.717) is 0 Å². The first-order valence-corrected chi connectivity index (χ1v) is 5.41. The van der Waals surface area contributed by atoms with Crippen molar-refractivity contribution in [1.82, 2.24) is 0 Å². The van der Waals surface area contributed by atoms with Gasteiger partial charge in [-0.3, -0.25) is 0 Å². The molecule has 66 valence electrons. The second kappa shape index (κ2) is 4.13. The summed E-state index contributed by atoms with van der Waals surface area (Å²) in [6.07, 6.45) is 12.3. The highest BCUT2D eigenvalue weighted by Gasteiger charge is 2.41. The molecule has 1 spiro atoms. The van der Waals surface area contributed by atoms with Crippen LogP contribution in [0.4, 0.5) is 0 Å². The van der Waals surface area contributed by atoms with Crippen LogP contribution in [0.15, 0.2) is 0 Å². The minimum Gasteiger partial charge on any atom is -0.0683 e. The summed E-state index contributed by atoms with van der Waals surface area (Å²) in [7, 11) is 0. The van der Waals surface area contributed by atoms with E-state index < -0.39 is 0 Å². The second-order valence-electron chi connectivity index (χ2n) is 3.91. The number of hydrogen-bond donors (Lipinski definition) is 0. The Morgan fingerprint density at radius 1 is 0.636 bits per heavy atom. The molecule has 0 nitrogen and oxygen atoms in total. The highest BCUT2D eigenvalue weighted by Crippen LogP contribution is 2.55. The molecule has 0 atom stereocenters. The summed E-state index contributed by atoms with van der Waals surface area (Å²) < 4.78 is 0. The van der Waals surface area contributed by atoms with Gasteiger partial charge >= 0.3 is 0 Å². The molecule has 2 saturated carbocycles. The fraction of sp³-hybridized carbons (Fsp3) is 1.00. The summed E-state index contributed by atoms with van der Waals surface area (Å²) >= 11 is 0. The number of rotatable bonds is 0. The fourth-order valence-electron chi connectivity index (χ4n) is 2.16. The first-order chi connectivity index (χ1) is 5.41. The maximum atomic E-state index is 2.00. The van der Waals surface area contributed by atoms with Gasteiger partial charge in [0.2, 0.25) is 0 Å². The van der Waals surface area contributed by atoms with Crippen molar-refractivity contribution in [2.75, 3.05) is 0 Å². The molecule has 0 heterocycles. The van der Waals surface area contributed by atoms with Crippen LogP contribution in [0.25, 0.3) is 0 Å². The summed E-state index contributed by atoms with van der Waals surface area (Å²) in [5.41, 5.74) is 0.913. The zero-order valence-electron chi connectivity index (χ0n) is 8.16. The van der Waals surface area contributed by atoms with E-state index in [1.807, 2.05) is 13.8 Å². The van der Waals surface area contributed by atoms with Crippen LogP contribution in [-0.4, -0.2) is 0 Å². The van der Waals surface area contributed by atoms with Crippen molar-refractivity contribution < 1.29 is 0 Å². The van der Waals surface area contributed by atoms with Gasteiger partial charge in [0.15, 0.2) is 0 Å². The summed E-state index contributed by atoms with van der Waals surface area (Å²) in [5.74, 6) is 0. The van der Waals surface area contributed by atoms with E-state index in [0.717, 1.165) is 5.41 Å². The van der Waals surface area contributed by atoms with Gasteiger partial charge in [-0.2, -0.15) is 0 Å². The van der Waals surface area contributed by atoms with Gasteiger partial charge in [-0.25, -0.2) is 0 Å². The Balaban J connectivity index is 0.000000281. The monoisotopic (exact) mass is 154 g/mol. The molecular formula is C11H22. The van der Waals surface area contributed by atoms with E-state index in [1.165, 1.54) is 25.7 Å². The van der Waals surface area contributed by atoms with Crippen molar-refractivity contribution in [3.63, 3.8) is 0 Å². The average molecular weight is 154 g/mol. The van der Waals surface area contributed by atoms with E-state index in [4.69, 9.17) is 0 Å². The molecular weight excluding hydrogens is 132 g/mol. The predicted octanol–water partition coefficient (Wildman–Crippen LogP) is 4.15. The zero-order valence-corrected chi connectivity index (χ0v) is 8.16. The Bertz CT molecular complexity index is 90.6.